The molecule has 1 aromatic heterocycles. The van der Waals surface area contributed by atoms with E-state index in [-0.39, 0.29) is 0 Å². The standard InChI is InChI=1S/C9H13N.C2H6/c1-4-5-9-7(2)6-8(3)10-9;1-2/h4-6,10H,1-3H3;1-2H3/b5-4-;. The summed E-state index contributed by atoms with van der Waals surface area (Å²) >= 11 is 0. The number of hydrogen-bond donors (Lipinski definition) is 1. The van der Waals surface area contributed by atoms with Crippen molar-refractivity contribution in [1.82, 2.24) is 4.98 Å². The summed E-state index contributed by atoms with van der Waals surface area (Å²) in [6.07, 6.45) is 4.13. The van der Waals surface area contributed by atoms with Crippen molar-refractivity contribution in [3.05, 3.63) is 29.1 Å². The molecule has 0 saturated carbocycles. The SMILES string of the molecule is C/C=C\c1[nH]c(C)cc1C.CC. The molecule has 0 aliphatic carbocycles. The minimum atomic E-state index is 1.22. The summed E-state index contributed by atoms with van der Waals surface area (Å²) in [6, 6.07) is 2.15. The van der Waals surface area contributed by atoms with Crippen LogP contribution in [-0.2, 0) is 0 Å². The Hall–Kier alpha value is -0.980. The number of allylic oxidation sites excluding steroid dienone is 1. The highest BCUT2D eigenvalue weighted by Gasteiger charge is 1.95. The van der Waals surface area contributed by atoms with Gasteiger partial charge in [-0.05, 0) is 38.5 Å². The van der Waals surface area contributed by atoms with Gasteiger partial charge in [-0.2, -0.15) is 0 Å². The number of aromatic nitrogens is 1. The number of rotatable bonds is 1. The number of aromatic amines is 1. The Balaban J connectivity index is 0.000000561. The largest absolute Gasteiger partial charge is 0.359 e. The van der Waals surface area contributed by atoms with Crippen LogP contribution >= 0.6 is 0 Å². The first-order chi connectivity index (χ1) is 5.74. The predicted octanol–water partition coefficient (Wildman–Crippen LogP) is 3.69. The third kappa shape index (κ3) is 2.95. The van der Waals surface area contributed by atoms with Crippen molar-refractivity contribution in [2.45, 2.75) is 34.6 Å². The average molecular weight is 165 g/mol. The highest BCUT2D eigenvalue weighted by Crippen LogP contribution is 2.09. The molecule has 0 radical (unpaired) electrons. The van der Waals surface area contributed by atoms with Crippen molar-refractivity contribution >= 4 is 6.08 Å². The van der Waals surface area contributed by atoms with Gasteiger partial charge in [-0.15, -0.1) is 0 Å². The first kappa shape index (κ1) is 11.0. The summed E-state index contributed by atoms with van der Waals surface area (Å²) in [5.74, 6) is 0. The van der Waals surface area contributed by atoms with Crippen LogP contribution in [-0.4, -0.2) is 4.98 Å². The maximum absolute atomic E-state index is 3.26. The van der Waals surface area contributed by atoms with Crippen LogP contribution in [0.2, 0.25) is 0 Å². The lowest BCUT2D eigenvalue weighted by atomic mass is 10.2. The van der Waals surface area contributed by atoms with Crippen LogP contribution in [0.3, 0.4) is 0 Å². The van der Waals surface area contributed by atoms with Gasteiger partial charge in [0.25, 0.3) is 0 Å². The Morgan fingerprint density at radius 3 is 2.17 bits per heavy atom. The predicted molar refractivity (Wildman–Crippen MR) is 56.3 cm³/mol. The molecule has 1 heteroatoms. The van der Waals surface area contributed by atoms with E-state index in [1.807, 2.05) is 26.8 Å². The fourth-order valence-corrected chi connectivity index (χ4v) is 1.09. The van der Waals surface area contributed by atoms with Crippen LogP contribution in [0.4, 0.5) is 0 Å². The van der Waals surface area contributed by atoms with Crippen molar-refractivity contribution in [3.8, 4) is 0 Å². The average Bonchev–Trinajstić information content (AvgIpc) is 2.35. The van der Waals surface area contributed by atoms with E-state index >= 15 is 0 Å². The van der Waals surface area contributed by atoms with E-state index in [4.69, 9.17) is 0 Å². The highest BCUT2D eigenvalue weighted by atomic mass is 14.7. The molecule has 0 aliphatic heterocycles. The molecule has 68 valence electrons. The lowest BCUT2D eigenvalue weighted by molar-refractivity contribution is 1.24. The molecule has 1 heterocycles. The van der Waals surface area contributed by atoms with Gasteiger partial charge in [0.05, 0.1) is 0 Å². The smallest absolute Gasteiger partial charge is 0.0408 e. The third-order valence-corrected chi connectivity index (χ3v) is 1.52. The molecular formula is C11H19N. The molecule has 0 unspecified atom stereocenters. The maximum atomic E-state index is 3.26. The topological polar surface area (TPSA) is 15.8 Å². The zero-order valence-electron chi connectivity index (χ0n) is 8.73. The van der Waals surface area contributed by atoms with Crippen LogP contribution in [0.25, 0.3) is 6.08 Å². The number of nitrogens with one attached hydrogen (secondary N) is 1. The Morgan fingerprint density at radius 2 is 1.83 bits per heavy atom. The van der Waals surface area contributed by atoms with Gasteiger partial charge in [0, 0.05) is 11.4 Å². The number of H-pyrrole nitrogens is 1. The molecule has 0 aromatic carbocycles. The normalized spacial score (nSPS) is 9.75. The summed E-state index contributed by atoms with van der Waals surface area (Å²) in [6.45, 7) is 10.2. The molecule has 1 N–H and O–H groups in total. The summed E-state index contributed by atoms with van der Waals surface area (Å²) in [7, 11) is 0. The van der Waals surface area contributed by atoms with Crippen LogP contribution in [0.1, 0.15) is 37.7 Å². The summed E-state index contributed by atoms with van der Waals surface area (Å²) in [4.78, 5) is 3.26. The molecular weight excluding hydrogens is 146 g/mol. The van der Waals surface area contributed by atoms with Crippen molar-refractivity contribution in [2.75, 3.05) is 0 Å². The molecule has 12 heavy (non-hydrogen) atoms. The van der Waals surface area contributed by atoms with E-state index in [2.05, 4.69) is 31.0 Å². The Morgan fingerprint density at radius 1 is 1.25 bits per heavy atom. The van der Waals surface area contributed by atoms with Gasteiger partial charge in [0.15, 0.2) is 0 Å². The molecule has 0 atom stereocenters. The second-order valence-corrected chi connectivity index (χ2v) is 2.55. The first-order valence-electron chi connectivity index (χ1n) is 4.53. The Bertz CT molecular complexity index is 244. The van der Waals surface area contributed by atoms with Crippen molar-refractivity contribution < 1.29 is 0 Å². The molecule has 0 spiro atoms. The lowest BCUT2D eigenvalue weighted by Crippen LogP contribution is -1.73. The fraction of sp³-hybridized carbons (Fsp3) is 0.455. The number of hydrogen-bond acceptors (Lipinski definition) is 0. The Kier molecular flexibility index (Phi) is 5.18. The second-order valence-electron chi connectivity index (χ2n) is 2.55. The molecule has 0 aliphatic rings. The van der Waals surface area contributed by atoms with Crippen molar-refractivity contribution in [1.29, 1.82) is 0 Å². The van der Waals surface area contributed by atoms with Crippen molar-refractivity contribution in [3.63, 3.8) is 0 Å². The van der Waals surface area contributed by atoms with Gasteiger partial charge in [-0.1, -0.05) is 19.9 Å². The molecule has 0 amide bonds. The highest BCUT2D eigenvalue weighted by molar-refractivity contribution is 5.49. The lowest BCUT2D eigenvalue weighted by Gasteiger charge is -1.86. The zero-order valence-corrected chi connectivity index (χ0v) is 8.73. The van der Waals surface area contributed by atoms with Crippen LogP contribution < -0.4 is 0 Å². The summed E-state index contributed by atoms with van der Waals surface area (Å²) in [5.41, 5.74) is 3.77. The van der Waals surface area contributed by atoms with Gasteiger partial charge >= 0.3 is 0 Å². The van der Waals surface area contributed by atoms with Crippen LogP contribution in [0.5, 0.6) is 0 Å². The second kappa shape index (κ2) is 5.64. The quantitative estimate of drug-likeness (QED) is 0.653. The van der Waals surface area contributed by atoms with Gasteiger partial charge in [-0.25, -0.2) is 0 Å². The van der Waals surface area contributed by atoms with E-state index in [0.717, 1.165) is 0 Å². The minimum Gasteiger partial charge on any atom is -0.359 e. The molecule has 0 bridgehead atoms. The van der Waals surface area contributed by atoms with Gasteiger partial charge in [0.1, 0.15) is 0 Å². The third-order valence-electron chi connectivity index (χ3n) is 1.52. The first-order valence-corrected chi connectivity index (χ1v) is 4.53. The summed E-state index contributed by atoms with van der Waals surface area (Å²) < 4.78 is 0. The van der Waals surface area contributed by atoms with Gasteiger partial charge in [-0.3, -0.25) is 0 Å². The minimum absolute atomic E-state index is 1.22. The molecule has 1 rings (SSSR count). The van der Waals surface area contributed by atoms with E-state index in [1.165, 1.54) is 17.0 Å². The molecule has 0 fully saturated rings. The molecule has 1 aromatic rings. The van der Waals surface area contributed by atoms with E-state index in [0.29, 0.717) is 0 Å². The number of aryl methyl sites for hydroxylation is 2. The van der Waals surface area contributed by atoms with E-state index in [1.54, 1.807) is 0 Å². The van der Waals surface area contributed by atoms with Gasteiger partial charge in [0.2, 0.25) is 0 Å². The molecule has 1 nitrogen and oxygen atoms in total. The monoisotopic (exact) mass is 165 g/mol. The van der Waals surface area contributed by atoms with E-state index < -0.39 is 0 Å². The molecule has 0 saturated heterocycles. The van der Waals surface area contributed by atoms with Crippen LogP contribution in [0.15, 0.2) is 12.1 Å². The fourth-order valence-electron chi connectivity index (χ4n) is 1.09. The zero-order chi connectivity index (χ0) is 9.56. The van der Waals surface area contributed by atoms with Crippen LogP contribution in [0, 0.1) is 13.8 Å². The summed E-state index contributed by atoms with van der Waals surface area (Å²) in [5, 5.41) is 0. The van der Waals surface area contributed by atoms with Crippen molar-refractivity contribution in [2.24, 2.45) is 0 Å². The van der Waals surface area contributed by atoms with E-state index in [9.17, 15) is 0 Å². The van der Waals surface area contributed by atoms with Gasteiger partial charge < -0.3 is 4.98 Å². The maximum Gasteiger partial charge on any atom is 0.0408 e. The Labute approximate surface area is 75.5 Å².